The number of halogens is 2. The first kappa shape index (κ1) is 16.4. The molecule has 0 bridgehead atoms. The molecule has 0 radical (unpaired) electrons. The molecule has 0 amide bonds. The molecule has 0 aliphatic rings. The summed E-state index contributed by atoms with van der Waals surface area (Å²) in [7, 11) is 9.63. The first-order valence-electron chi connectivity index (χ1n) is 3.19. The summed E-state index contributed by atoms with van der Waals surface area (Å²) < 4.78 is 0. The third-order valence-electron chi connectivity index (χ3n) is 0.897. The number of hydrogen-bond donors (Lipinski definition) is 2. The molecule has 1 atom stereocenters. The van der Waals surface area contributed by atoms with Crippen molar-refractivity contribution in [3.63, 3.8) is 0 Å². The monoisotopic (exact) mass is 340 g/mol. The van der Waals surface area contributed by atoms with Crippen LogP contribution < -0.4 is 5.73 Å². The summed E-state index contributed by atoms with van der Waals surface area (Å²) in [6.45, 7) is 0.563. The number of carboxylic acids is 1. The van der Waals surface area contributed by atoms with Gasteiger partial charge in [0, 0.05) is 12.6 Å². The number of aliphatic carboxylic acids is 1. The molecule has 13 heavy (non-hydrogen) atoms. The van der Waals surface area contributed by atoms with Crippen molar-refractivity contribution < 1.29 is 25.8 Å². The first-order valence-corrected chi connectivity index (χ1v) is 8.46. The molecule has 0 saturated carbocycles. The molecule has 4 N–H and O–H groups in total. The van der Waals surface area contributed by atoms with Gasteiger partial charge < -0.3 is 16.6 Å². The molecule has 0 spiro atoms. The normalized spacial score (nSPS) is 11.7. The van der Waals surface area contributed by atoms with E-state index in [2.05, 4.69) is 0 Å². The average molecular weight is 342 g/mol. The summed E-state index contributed by atoms with van der Waals surface area (Å²) >= 11 is 0.849. The first-order chi connectivity index (χ1) is 6.09. The molecular formula is C5H12Cl2N2O2PdS. The summed E-state index contributed by atoms with van der Waals surface area (Å²) in [6.07, 6.45) is 0. The van der Waals surface area contributed by atoms with Gasteiger partial charge in [-0.3, -0.25) is 4.79 Å². The summed E-state index contributed by atoms with van der Waals surface area (Å²) in [5.74, 6) is 0.111. The summed E-state index contributed by atoms with van der Waals surface area (Å²) in [4.78, 5) is 10.1. The van der Waals surface area contributed by atoms with Crippen molar-refractivity contribution in [2.75, 3.05) is 18.1 Å². The van der Waals surface area contributed by atoms with Crippen LogP contribution in [0.15, 0.2) is 0 Å². The minimum atomic E-state index is -1.05. The van der Waals surface area contributed by atoms with E-state index < -0.39 is 12.0 Å². The van der Waals surface area contributed by atoms with Gasteiger partial charge in [-0.1, -0.05) is 0 Å². The van der Waals surface area contributed by atoms with Crippen LogP contribution in [0, 0.1) is 0 Å². The molecule has 1 unspecified atom stereocenters. The van der Waals surface area contributed by atoms with Crippen LogP contribution >= 0.6 is 19.1 Å². The van der Waals surface area contributed by atoms with Crippen LogP contribution in [0.4, 0.5) is 0 Å². The number of nitrogens with two attached hydrogens (primary N) is 1. The zero-order valence-corrected chi connectivity index (χ0v) is 10.6. The number of thiol groups is 1. The van der Waals surface area contributed by atoms with Gasteiger partial charge in [0.05, 0.1) is 5.75 Å². The minimum Gasteiger partial charge on any atom is -0.661 e. The second-order valence-electron chi connectivity index (χ2n) is 1.85. The van der Waals surface area contributed by atoms with Gasteiger partial charge in [-0.2, -0.15) is 0 Å². The molecular weight excluding hydrogens is 329 g/mol. The van der Waals surface area contributed by atoms with E-state index >= 15 is 0 Å². The van der Waals surface area contributed by atoms with Crippen LogP contribution in [-0.2, 0) is 32.5 Å². The smallest absolute Gasteiger partial charge is 0.290 e. The van der Waals surface area contributed by atoms with Gasteiger partial charge in [-0.15, -0.1) is 0 Å². The SMILES string of the molecule is [Cl][Pd][Cl].[NH-]C(C[SH+]CCN)C(=O)O. The van der Waals surface area contributed by atoms with Crippen molar-refractivity contribution in [3.05, 3.63) is 5.73 Å². The third kappa shape index (κ3) is 15.7. The predicted octanol–water partition coefficient (Wildman–Crippen LogP) is 0.642. The zero-order valence-electron chi connectivity index (χ0n) is 6.65. The second-order valence-corrected chi connectivity index (χ2v) is 5.47. The summed E-state index contributed by atoms with van der Waals surface area (Å²) in [6, 6.07) is -0.979. The van der Waals surface area contributed by atoms with Gasteiger partial charge >= 0.3 is 35.0 Å². The largest absolute Gasteiger partial charge is 0.661 e. The topological polar surface area (TPSA) is 87.1 Å². The Labute approximate surface area is 97.8 Å². The van der Waals surface area contributed by atoms with Crippen LogP contribution in [0.3, 0.4) is 0 Å². The molecule has 0 rings (SSSR count). The Morgan fingerprint density at radius 1 is 1.69 bits per heavy atom. The quantitative estimate of drug-likeness (QED) is 0.333. The van der Waals surface area contributed by atoms with E-state index in [1.165, 1.54) is 0 Å². The number of hydrogen-bond acceptors (Lipinski definition) is 2. The van der Waals surface area contributed by atoms with Crippen molar-refractivity contribution >= 4 is 36.8 Å². The molecule has 0 fully saturated rings. The Kier molecular flexibility index (Phi) is 16.4. The fraction of sp³-hybridized carbons (Fsp3) is 0.800. The van der Waals surface area contributed by atoms with Crippen LogP contribution in [0.25, 0.3) is 5.73 Å². The van der Waals surface area contributed by atoms with Crippen molar-refractivity contribution in [2.24, 2.45) is 5.73 Å². The van der Waals surface area contributed by atoms with Crippen LogP contribution in [0.5, 0.6) is 0 Å². The molecule has 0 aromatic heterocycles. The second kappa shape index (κ2) is 13.0. The van der Waals surface area contributed by atoms with Crippen molar-refractivity contribution in [3.8, 4) is 0 Å². The number of rotatable bonds is 5. The molecule has 0 saturated heterocycles. The van der Waals surface area contributed by atoms with Crippen LogP contribution in [-0.4, -0.2) is 35.2 Å². The van der Waals surface area contributed by atoms with E-state index in [9.17, 15) is 4.79 Å². The number of carbonyl (C=O) groups is 1. The Balaban J connectivity index is 0. The molecule has 0 heterocycles. The fourth-order valence-corrected chi connectivity index (χ4v) is 1.17. The van der Waals surface area contributed by atoms with Crippen LogP contribution in [0.1, 0.15) is 0 Å². The van der Waals surface area contributed by atoms with Crippen molar-refractivity contribution in [2.45, 2.75) is 6.04 Å². The molecule has 4 nitrogen and oxygen atoms in total. The standard InChI is InChI=1S/C5H11N2O2S.2ClH.Pd/c6-1-2-10-3-4(7)5(8)9;;;/h4,7H,1-3,6H2,(H,8,9);2*1H;/q-1;;;+2/p-1. The van der Waals surface area contributed by atoms with Gasteiger partial charge in [0.1, 0.15) is 5.75 Å². The Bertz CT molecular complexity index is 133. The maximum atomic E-state index is 10.1. The average Bonchev–Trinajstić information content (AvgIpc) is 2.06. The van der Waals surface area contributed by atoms with Crippen molar-refractivity contribution in [1.82, 2.24) is 0 Å². The van der Waals surface area contributed by atoms with E-state index in [1.807, 2.05) is 0 Å². The van der Waals surface area contributed by atoms with E-state index in [4.69, 9.17) is 35.6 Å². The Morgan fingerprint density at radius 2 is 2.15 bits per heavy atom. The number of nitrogens with one attached hydrogen (secondary N) is 1. The molecule has 8 heteroatoms. The van der Waals surface area contributed by atoms with Gasteiger partial charge in [-0.25, -0.2) is 0 Å². The Morgan fingerprint density at radius 3 is 2.46 bits per heavy atom. The van der Waals surface area contributed by atoms with E-state index in [0.29, 0.717) is 12.3 Å². The summed E-state index contributed by atoms with van der Waals surface area (Å²) in [5, 5.41) is 8.26. The van der Waals surface area contributed by atoms with Gasteiger partial charge in [0.15, 0.2) is 0 Å². The summed E-state index contributed by atoms with van der Waals surface area (Å²) in [5.41, 5.74) is 12.1. The fourth-order valence-electron chi connectivity index (χ4n) is 0.390. The Hall–Kier alpha value is 0.982. The van der Waals surface area contributed by atoms with Crippen LogP contribution in [0.2, 0.25) is 0 Å². The molecule has 0 aliphatic carbocycles. The van der Waals surface area contributed by atoms with Gasteiger partial charge in [-0.05, 0) is 11.8 Å². The maximum absolute atomic E-state index is 10.1. The number of carboxylic acid groups (broad SMARTS) is 1. The van der Waals surface area contributed by atoms with Gasteiger partial charge in [0.25, 0.3) is 5.97 Å². The molecule has 0 aliphatic heterocycles. The van der Waals surface area contributed by atoms with E-state index in [1.54, 1.807) is 0 Å². The molecule has 84 valence electrons. The molecule has 0 aromatic rings. The zero-order chi connectivity index (χ0) is 10.7. The van der Waals surface area contributed by atoms with Crippen molar-refractivity contribution in [1.29, 1.82) is 0 Å². The predicted molar refractivity (Wildman–Crippen MR) is 55.0 cm³/mol. The van der Waals surface area contributed by atoms with E-state index in [0.717, 1.165) is 17.5 Å². The minimum absolute atomic E-state index is 0.106. The third-order valence-corrected chi connectivity index (χ3v) is 2.09. The molecule has 0 aromatic carbocycles. The maximum Gasteiger partial charge on any atom is 0.290 e. The van der Waals surface area contributed by atoms with E-state index in [-0.39, 0.29) is 15.9 Å². The van der Waals surface area contributed by atoms with Gasteiger partial charge in [0.2, 0.25) is 0 Å².